The number of nitrogens with two attached hydrogens (primary N) is 1. The topological polar surface area (TPSA) is 75.2 Å². The van der Waals surface area contributed by atoms with Crippen LogP contribution in [0.5, 0.6) is 11.5 Å². The zero-order valence-corrected chi connectivity index (χ0v) is 13.9. The summed E-state index contributed by atoms with van der Waals surface area (Å²) in [5.74, 6) is 3.11. The van der Waals surface area contributed by atoms with E-state index >= 15 is 0 Å². The molecule has 21 heavy (non-hydrogen) atoms. The molecule has 1 aliphatic rings. The van der Waals surface area contributed by atoms with E-state index in [1.165, 1.54) is 0 Å². The van der Waals surface area contributed by atoms with Gasteiger partial charge < -0.3 is 19.8 Å². The first-order chi connectivity index (χ1) is 10.2. The molecule has 0 amide bonds. The standard InChI is InChI=1S/C13H15BrN4O2S/c1-18-12(6-15)16-17-13(18)21-7-8-4-10-11(5-9(8)14)20-3-2-19-10/h4-5H,2-3,6-7,15H2,1H3. The van der Waals surface area contributed by atoms with Gasteiger partial charge in [0.1, 0.15) is 19.0 Å². The maximum atomic E-state index is 5.61. The van der Waals surface area contributed by atoms with Gasteiger partial charge in [-0.3, -0.25) is 0 Å². The van der Waals surface area contributed by atoms with E-state index in [0.29, 0.717) is 19.8 Å². The second-order valence-electron chi connectivity index (χ2n) is 4.54. The molecule has 2 N–H and O–H groups in total. The number of ether oxygens (including phenoxy) is 2. The van der Waals surface area contributed by atoms with E-state index in [1.807, 2.05) is 23.7 Å². The number of halogens is 1. The van der Waals surface area contributed by atoms with Crippen molar-refractivity contribution in [1.82, 2.24) is 14.8 Å². The minimum Gasteiger partial charge on any atom is -0.486 e. The molecule has 0 saturated heterocycles. The third-order valence-electron chi connectivity index (χ3n) is 3.18. The molecule has 0 aliphatic carbocycles. The van der Waals surface area contributed by atoms with Crippen molar-refractivity contribution in [3.63, 3.8) is 0 Å². The van der Waals surface area contributed by atoms with E-state index in [1.54, 1.807) is 11.8 Å². The molecule has 2 aromatic rings. The molecule has 0 fully saturated rings. The number of aromatic nitrogens is 3. The van der Waals surface area contributed by atoms with E-state index in [9.17, 15) is 0 Å². The van der Waals surface area contributed by atoms with Gasteiger partial charge in [-0.25, -0.2) is 0 Å². The zero-order valence-electron chi connectivity index (χ0n) is 11.5. The van der Waals surface area contributed by atoms with Crippen LogP contribution in [-0.2, 0) is 19.3 Å². The van der Waals surface area contributed by atoms with Crippen LogP contribution in [0.3, 0.4) is 0 Å². The van der Waals surface area contributed by atoms with Gasteiger partial charge in [-0.1, -0.05) is 27.7 Å². The Kier molecular flexibility index (Phi) is 4.37. The van der Waals surface area contributed by atoms with Crippen LogP contribution in [0.2, 0.25) is 0 Å². The summed E-state index contributed by atoms with van der Waals surface area (Å²) in [6.45, 7) is 1.57. The minimum atomic E-state index is 0.387. The molecular formula is C13H15BrN4O2S. The largest absolute Gasteiger partial charge is 0.486 e. The van der Waals surface area contributed by atoms with Gasteiger partial charge in [0, 0.05) is 17.3 Å². The Morgan fingerprint density at radius 2 is 2.00 bits per heavy atom. The summed E-state index contributed by atoms with van der Waals surface area (Å²) in [7, 11) is 1.92. The number of hydrogen-bond acceptors (Lipinski definition) is 6. The number of fused-ring (bicyclic) bond motifs is 1. The van der Waals surface area contributed by atoms with Gasteiger partial charge in [0.25, 0.3) is 0 Å². The molecule has 1 aromatic carbocycles. The van der Waals surface area contributed by atoms with Crippen LogP contribution < -0.4 is 15.2 Å². The molecule has 0 saturated carbocycles. The lowest BCUT2D eigenvalue weighted by molar-refractivity contribution is 0.171. The molecule has 3 rings (SSSR count). The van der Waals surface area contributed by atoms with Crippen molar-refractivity contribution < 1.29 is 9.47 Å². The molecule has 2 heterocycles. The first-order valence-corrected chi connectivity index (χ1v) is 8.26. The molecule has 0 atom stereocenters. The van der Waals surface area contributed by atoms with Crippen LogP contribution in [0.15, 0.2) is 21.8 Å². The summed E-state index contributed by atoms with van der Waals surface area (Å²) in [5.41, 5.74) is 6.73. The van der Waals surface area contributed by atoms with E-state index in [0.717, 1.165) is 38.3 Å². The van der Waals surface area contributed by atoms with E-state index in [-0.39, 0.29) is 0 Å². The van der Waals surface area contributed by atoms with E-state index in [4.69, 9.17) is 15.2 Å². The Morgan fingerprint density at radius 1 is 1.29 bits per heavy atom. The maximum Gasteiger partial charge on any atom is 0.191 e. The van der Waals surface area contributed by atoms with E-state index < -0.39 is 0 Å². The molecule has 112 valence electrons. The highest BCUT2D eigenvalue weighted by molar-refractivity contribution is 9.10. The number of hydrogen-bond donors (Lipinski definition) is 1. The van der Waals surface area contributed by atoms with Gasteiger partial charge in [-0.2, -0.15) is 0 Å². The van der Waals surface area contributed by atoms with E-state index in [2.05, 4.69) is 26.1 Å². The third-order valence-corrected chi connectivity index (χ3v) is 4.98. The van der Waals surface area contributed by atoms with Crippen molar-refractivity contribution in [2.75, 3.05) is 13.2 Å². The second kappa shape index (κ2) is 6.25. The summed E-state index contributed by atoms with van der Waals surface area (Å²) in [4.78, 5) is 0. The predicted octanol–water partition coefficient (Wildman–Crippen LogP) is 2.10. The Morgan fingerprint density at radius 3 is 2.67 bits per heavy atom. The Labute approximate surface area is 135 Å². The molecular weight excluding hydrogens is 356 g/mol. The zero-order chi connectivity index (χ0) is 14.8. The number of thioether (sulfide) groups is 1. The smallest absolute Gasteiger partial charge is 0.191 e. The van der Waals surface area contributed by atoms with Crippen LogP contribution in [-0.4, -0.2) is 28.0 Å². The van der Waals surface area contributed by atoms with Crippen molar-refractivity contribution in [1.29, 1.82) is 0 Å². The van der Waals surface area contributed by atoms with Crippen LogP contribution in [0.25, 0.3) is 0 Å². The number of nitrogens with zero attached hydrogens (tertiary/aromatic N) is 3. The maximum absolute atomic E-state index is 5.61. The third kappa shape index (κ3) is 3.02. The summed E-state index contributed by atoms with van der Waals surface area (Å²) in [6, 6.07) is 3.96. The molecule has 0 bridgehead atoms. The summed E-state index contributed by atoms with van der Waals surface area (Å²) in [6.07, 6.45) is 0. The van der Waals surface area contributed by atoms with Crippen molar-refractivity contribution in [3.8, 4) is 11.5 Å². The highest BCUT2D eigenvalue weighted by Gasteiger charge is 2.16. The van der Waals surface area contributed by atoms with Crippen LogP contribution >= 0.6 is 27.7 Å². The SMILES string of the molecule is Cn1c(CN)nnc1SCc1cc2c(cc1Br)OCCO2. The average molecular weight is 371 g/mol. The lowest BCUT2D eigenvalue weighted by atomic mass is 10.2. The van der Waals surface area contributed by atoms with Gasteiger partial charge in [0.15, 0.2) is 16.7 Å². The summed E-state index contributed by atoms with van der Waals surface area (Å²) in [5, 5.41) is 9.04. The predicted molar refractivity (Wildman–Crippen MR) is 83.6 cm³/mol. The fraction of sp³-hybridized carbons (Fsp3) is 0.385. The molecule has 0 unspecified atom stereocenters. The number of benzene rings is 1. The molecule has 0 spiro atoms. The lowest BCUT2D eigenvalue weighted by Crippen LogP contribution is -2.15. The Bertz CT molecular complexity index is 662. The van der Waals surface area contributed by atoms with Gasteiger partial charge in [0.05, 0.1) is 6.54 Å². The van der Waals surface area contributed by atoms with Crippen molar-refractivity contribution >= 4 is 27.7 Å². The fourth-order valence-corrected chi connectivity index (χ4v) is 3.58. The van der Waals surface area contributed by atoms with Gasteiger partial charge >= 0.3 is 0 Å². The monoisotopic (exact) mass is 370 g/mol. The van der Waals surface area contributed by atoms with Gasteiger partial charge in [-0.15, -0.1) is 10.2 Å². The molecule has 6 nitrogen and oxygen atoms in total. The number of rotatable bonds is 4. The van der Waals surface area contributed by atoms with Crippen molar-refractivity contribution in [2.24, 2.45) is 12.8 Å². The Hall–Kier alpha value is -1.25. The Balaban J connectivity index is 1.77. The first kappa shape index (κ1) is 14.7. The molecule has 1 aromatic heterocycles. The molecule has 8 heteroatoms. The average Bonchev–Trinajstić information content (AvgIpc) is 2.85. The first-order valence-electron chi connectivity index (χ1n) is 6.48. The van der Waals surface area contributed by atoms with Crippen LogP contribution in [0.1, 0.15) is 11.4 Å². The lowest BCUT2D eigenvalue weighted by Gasteiger charge is -2.19. The normalized spacial score (nSPS) is 13.5. The van der Waals surface area contributed by atoms with Crippen molar-refractivity contribution in [2.45, 2.75) is 17.5 Å². The molecule has 1 aliphatic heterocycles. The van der Waals surface area contributed by atoms with Crippen LogP contribution in [0, 0.1) is 0 Å². The van der Waals surface area contributed by atoms with Crippen molar-refractivity contribution in [3.05, 3.63) is 28.0 Å². The van der Waals surface area contributed by atoms with Gasteiger partial charge in [0.2, 0.25) is 0 Å². The molecule has 0 radical (unpaired) electrons. The quantitative estimate of drug-likeness (QED) is 0.830. The highest BCUT2D eigenvalue weighted by Crippen LogP contribution is 2.37. The summed E-state index contributed by atoms with van der Waals surface area (Å²) < 4.78 is 14.1. The minimum absolute atomic E-state index is 0.387. The summed E-state index contributed by atoms with van der Waals surface area (Å²) >= 11 is 5.18. The van der Waals surface area contributed by atoms with Gasteiger partial charge in [-0.05, 0) is 17.7 Å². The van der Waals surface area contributed by atoms with Crippen LogP contribution in [0.4, 0.5) is 0 Å². The highest BCUT2D eigenvalue weighted by atomic mass is 79.9. The second-order valence-corrected chi connectivity index (χ2v) is 6.33. The fourth-order valence-electron chi connectivity index (χ4n) is 2.01.